The molecule has 2 N–H and O–H groups in total. The standard InChI is InChI=1S/C14H20N2O2.ClH/c1-18-13-4-2-3-11(7-13)5-6-14(17)16-10-12-8-15-9-12;/h2-4,7,12,15H,5-6,8-10H2,1H3,(H,16,17);1H. The van der Waals surface area contributed by atoms with Gasteiger partial charge in [-0.25, -0.2) is 0 Å². The minimum atomic E-state index is 0. The van der Waals surface area contributed by atoms with Gasteiger partial charge in [0, 0.05) is 32.0 Å². The van der Waals surface area contributed by atoms with Crippen LogP contribution >= 0.6 is 12.4 Å². The molecule has 0 saturated carbocycles. The monoisotopic (exact) mass is 284 g/mol. The van der Waals surface area contributed by atoms with Gasteiger partial charge in [-0.2, -0.15) is 0 Å². The zero-order valence-corrected chi connectivity index (χ0v) is 12.0. The van der Waals surface area contributed by atoms with E-state index in [0.717, 1.165) is 37.4 Å². The van der Waals surface area contributed by atoms with Crippen LogP contribution in [0.5, 0.6) is 5.75 Å². The van der Waals surface area contributed by atoms with E-state index < -0.39 is 0 Å². The lowest BCUT2D eigenvalue weighted by Gasteiger charge is -2.27. The number of amides is 1. The number of carbonyl (C=O) groups is 1. The summed E-state index contributed by atoms with van der Waals surface area (Å²) in [5.74, 6) is 1.59. The normalized spacial score (nSPS) is 14.2. The highest BCUT2D eigenvalue weighted by atomic mass is 35.5. The molecule has 1 amide bonds. The second kappa shape index (κ2) is 8.02. The Morgan fingerprint density at radius 1 is 1.47 bits per heavy atom. The molecule has 2 rings (SSSR count). The Bertz CT molecular complexity index is 408. The number of halogens is 1. The van der Waals surface area contributed by atoms with Crippen molar-refractivity contribution < 1.29 is 9.53 Å². The molecule has 0 bridgehead atoms. The van der Waals surface area contributed by atoms with E-state index in [2.05, 4.69) is 10.6 Å². The first-order valence-electron chi connectivity index (χ1n) is 6.38. The largest absolute Gasteiger partial charge is 0.497 e. The molecule has 0 atom stereocenters. The molecular weight excluding hydrogens is 264 g/mol. The molecule has 0 unspecified atom stereocenters. The predicted molar refractivity (Wildman–Crippen MR) is 77.9 cm³/mol. The average Bonchev–Trinajstić information content (AvgIpc) is 2.35. The van der Waals surface area contributed by atoms with Gasteiger partial charge in [0.15, 0.2) is 0 Å². The molecule has 1 fully saturated rings. The van der Waals surface area contributed by atoms with Crippen LogP contribution in [-0.2, 0) is 11.2 Å². The second-order valence-electron chi connectivity index (χ2n) is 4.68. The van der Waals surface area contributed by atoms with Crippen molar-refractivity contribution in [3.8, 4) is 5.75 Å². The van der Waals surface area contributed by atoms with Crippen molar-refractivity contribution in [1.29, 1.82) is 0 Å². The third-order valence-corrected chi connectivity index (χ3v) is 3.23. The molecule has 19 heavy (non-hydrogen) atoms. The summed E-state index contributed by atoms with van der Waals surface area (Å²) < 4.78 is 5.16. The topological polar surface area (TPSA) is 50.4 Å². The molecular formula is C14H21ClN2O2. The van der Waals surface area contributed by atoms with Gasteiger partial charge in [0.05, 0.1) is 7.11 Å². The first kappa shape index (κ1) is 15.8. The molecule has 1 aromatic rings. The lowest BCUT2D eigenvalue weighted by Crippen LogP contribution is -2.48. The molecule has 0 aromatic heterocycles. The SMILES string of the molecule is COc1cccc(CCC(=O)NCC2CNC2)c1.Cl. The van der Waals surface area contributed by atoms with Crippen LogP contribution < -0.4 is 15.4 Å². The summed E-state index contributed by atoms with van der Waals surface area (Å²) in [6.45, 7) is 2.84. The van der Waals surface area contributed by atoms with Gasteiger partial charge in [-0.05, 0) is 24.1 Å². The fourth-order valence-corrected chi connectivity index (χ4v) is 1.93. The van der Waals surface area contributed by atoms with E-state index in [1.54, 1.807) is 7.11 Å². The van der Waals surface area contributed by atoms with Gasteiger partial charge in [-0.1, -0.05) is 12.1 Å². The maximum atomic E-state index is 11.7. The first-order chi connectivity index (χ1) is 8.78. The highest BCUT2D eigenvalue weighted by Gasteiger charge is 2.16. The summed E-state index contributed by atoms with van der Waals surface area (Å²) in [6.07, 6.45) is 1.29. The van der Waals surface area contributed by atoms with Gasteiger partial charge < -0.3 is 15.4 Å². The minimum Gasteiger partial charge on any atom is -0.497 e. The second-order valence-corrected chi connectivity index (χ2v) is 4.68. The molecule has 4 nitrogen and oxygen atoms in total. The van der Waals surface area contributed by atoms with Crippen molar-refractivity contribution in [3.05, 3.63) is 29.8 Å². The van der Waals surface area contributed by atoms with Crippen LogP contribution in [0.1, 0.15) is 12.0 Å². The molecule has 1 saturated heterocycles. The summed E-state index contributed by atoms with van der Waals surface area (Å²) in [6, 6.07) is 7.86. The highest BCUT2D eigenvalue weighted by Crippen LogP contribution is 2.13. The van der Waals surface area contributed by atoms with Crippen LogP contribution in [0.3, 0.4) is 0 Å². The Morgan fingerprint density at radius 2 is 2.26 bits per heavy atom. The first-order valence-corrected chi connectivity index (χ1v) is 6.38. The Hall–Kier alpha value is -1.26. The van der Waals surface area contributed by atoms with Crippen molar-refractivity contribution in [2.24, 2.45) is 5.92 Å². The van der Waals surface area contributed by atoms with Crippen molar-refractivity contribution in [1.82, 2.24) is 10.6 Å². The fourth-order valence-electron chi connectivity index (χ4n) is 1.93. The third-order valence-electron chi connectivity index (χ3n) is 3.23. The van der Waals surface area contributed by atoms with E-state index in [-0.39, 0.29) is 18.3 Å². The summed E-state index contributed by atoms with van der Waals surface area (Å²) >= 11 is 0. The van der Waals surface area contributed by atoms with Crippen molar-refractivity contribution >= 4 is 18.3 Å². The lowest BCUT2D eigenvalue weighted by molar-refractivity contribution is -0.121. The quantitative estimate of drug-likeness (QED) is 0.830. The van der Waals surface area contributed by atoms with Crippen LogP contribution in [0.4, 0.5) is 0 Å². The number of aryl methyl sites for hydroxylation is 1. The number of ether oxygens (including phenoxy) is 1. The molecule has 1 aliphatic heterocycles. The maximum Gasteiger partial charge on any atom is 0.220 e. The van der Waals surface area contributed by atoms with Crippen molar-refractivity contribution in [2.45, 2.75) is 12.8 Å². The fraction of sp³-hybridized carbons (Fsp3) is 0.500. The molecule has 5 heteroatoms. The molecule has 0 spiro atoms. The van der Waals surface area contributed by atoms with Gasteiger partial charge in [-0.3, -0.25) is 4.79 Å². The zero-order valence-electron chi connectivity index (χ0n) is 11.1. The smallest absolute Gasteiger partial charge is 0.220 e. The maximum absolute atomic E-state index is 11.7. The molecule has 1 aromatic carbocycles. The summed E-state index contributed by atoms with van der Waals surface area (Å²) in [5, 5.41) is 6.16. The van der Waals surface area contributed by atoms with Crippen LogP contribution in [0.25, 0.3) is 0 Å². The van der Waals surface area contributed by atoms with E-state index in [0.29, 0.717) is 12.3 Å². The van der Waals surface area contributed by atoms with E-state index in [9.17, 15) is 4.79 Å². The Labute approximate surface area is 120 Å². The minimum absolute atomic E-state index is 0. The van der Waals surface area contributed by atoms with Crippen LogP contribution in [0.2, 0.25) is 0 Å². The number of rotatable bonds is 6. The number of nitrogens with one attached hydrogen (secondary N) is 2. The summed E-state index contributed by atoms with van der Waals surface area (Å²) in [7, 11) is 1.65. The van der Waals surface area contributed by atoms with Gasteiger partial charge in [0.1, 0.15) is 5.75 Å². The summed E-state index contributed by atoms with van der Waals surface area (Å²) in [5.41, 5.74) is 1.13. The lowest BCUT2D eigenvalue weighted by atomic mass is 10.0. The molecule has 1 heterocycles. The average molecular weight is 285 g/mol. The van der Waals surface area contributed by atoms with E-state index >= 15 is 0 Å². The van der Waals surface area contributed by atoms with Crippen molar-refractivity contribution in [3.63, 3.8) is 0 Å². The van der Waals surface area contributed by atoms with Gasteiger partial charge in [0.25, 0.3) is 0 Å². The van der Waals surface area contributed by atoms with E-state index in [1.165, 1.54) is 0 Å². The predicted octanol–water partition coefficient (Wildman–Crippen LogP) is 1.39. The molecule has 0 aliphatic carbocycles. The van der Waals surface area contributed by atoms with Gasteiger partial charge >= 0.3 is 0 Å². The number of carbonyl (C=O) groups excluding carboxylic acids is 1. The van der Waals surface area contributed by atoms with E-state index in [1.807, 2.05) is 24.3 Å². The van der Waals surface area contributed by atoms with Crippen LogP contribution in [-0.4, -0.2) is 32.7 Å². The molecule has 1 aliphatic rings. The van der Waals surface area contributed by atoms with E-state index in [4.69, 9.17) is 4.74 Å². The molecule has 0 radical (unpaired) electrons. The number of methoxy groups -OCH3 is 1. The van der Waals surface area contributed by atoms with Gasteiger partial charge in [0.2, 0.25) is 5.91 Å². The number of hydrogen-bond donors (Lipinski definition) is 2. The van der Waals surface area contributed by atoms with Crippen molar-refractivity contribution in [2.75, 3.05) is 26.7 Å². The number of hydrogen-bond acceptors (Lipinski definition) is 3. The third kappa shape index (κ3) is 5.09. The molecule has 106 valence electrons. The number of benzene rings is 1. The van der Waals surface area contributed by atoms with Gasteiger partial charge in [-0.15, -0.1) is 12.4 Å². The summed E-state index contributed by atoms with van der Waals surface area (Å²) in [4.78, 5) is 11.7. The Morgan fingerprint density at radius 3 is 2.89 bits per heavy atom. The highest BCUT2D eigenvalue weighted by molar-refractivity contribution is 5.85. The van der Waals surface area contributed by atoms with Crippen LogP contribution in [0.15, 0.2) is 24.3 Å². The van der Waals surface area contributed by atoms with Crippen LogP contribution in [0, 0.1) is 5.92 Å². The Balaban J connectivity index is 0.00000180. The Kier molecular flexibility index (Phi) is 6.67. The zero-order chi connectivity index (χ0) is 12.8.